The normalized spacial score (nSPS) is 15.3. The first-order chi connectivity index (χ1) is 24.3. The second-order valence-electron chi connectivity index (χ2n) is 13.1. The van der Waals surface area contributed by atoms with Crippen molar-refractivity contribution < 1.29 is 0 Å². The van der Waals surface area contributed by atoms with Gasteiger partial charge in [0.2, 0.25) is 0 Å². The van der Waals surface area contributed by atoms with Gasteiger partial charge < -0.3 is 14.5 Å². The van der Waals surface area contributed by atoms with E-state index in [1.54, 1.807) is 0 Å². The van der Waals surface area contributed by atoms with Gasteiger partial charge in [-0.1, -0.05) is 109 Å². The van der Waals surface area contributed by atoms with E-state index in [0.29, 0.717) is 0 Å². The molecule has 1 atom stereocenters. The predicted octanol–water partition coefficient (Wildman–Crippen LogP) is 12.1. The Morgan fingerprint density at radius 1 is 0.490 bits per heavy atom. The van der Waals surface area contributed by atoms with E-state index in [1.807, 2.05) is 0 Å². The number of hydrogen-bond acceptors (Lipinski definition) is 1. The number of fused-ring (bicyclic) bond motifs is 6. The number of hydrogen-bond donors (Lipinski definition) is 1. The van der Waals surface area contributed by atoms with Crippen LogP contribution in [-0.4, -0.2) is 9.55 Å². The monoisotopic (exact) mass is 627 g/mol. The lowest BCUT2D eigenvalue weighted by Crippen LogP contribution is -2.15. The maximum Gasteiger partial charge on any atom is 0.0541 e. The minimum absolute atomic E-state index is 0.288. The van der Waals surface area contributed by atoms with E-state index in [9.17, 15) is 0 Å². The number of rotatable bonds is 5. The molecule has 3 heteroatoms. The summed E-state index contributed by atoms with van der Waals surface area (Å²) in [7, 11) is 0. The Morgan fingerprint density at radius 2 is 1.18 bits per heavy atom. The molecule has 0 radical (unpaired) electrons. The highest BCUT2D eigenvalue weighted by Gasteiger charge is 2.36. The number of benzene rings is 6. The second-order valence-corrected chi connectivity index (χ2v) is 13.1. The van der Waals surface area contributed by atoms with E-state index in [0.717, 1.165) is 17.8 Å². The van der Waals surface area contributed by atoms with Crippen molar-refractivity contribution in [3.05, 3.63) is 193 Å². The van der Waals surface area contributed by atoms with Gasteiger partial charge in [-0.05, 0) is 95.4 Å². The van der Waals surface area contributed by atoms with Crippen LogP contribution in [0.4, 0.5) is 11.4 Å². The Hall–Kier alpha value is -6.32. The molecule has 0 saturated heterocycles. The molecule has 1 aliphatic heterocycles. The zero-order valence-corrected chi connectivity index (χ0v) is 26.9. The summed E-state index contributed by atoms with van der Waals surface area (Å²) in [6.07, 6.45) is 5.66. The summed E-state index contributed by atoms with van der Waals surface area (Å²) in [6.45, 7) is 0. The third-order valence-electron chi connectivity index (χ3n) is 10.3. The fraction of sp³-hybridized carbons (Fsp3) is 0.0435. The summed E-state index contributed by atoms with van der Waals surface area (Å²) >= 11 is 0. The molecule has 1 unspecified atom stereocenters. The summed E-state index contributed by atoms with van der Waals surface area (Å²) in [5, 5.41) is 2.57. The Labute approximate surface area is 285 Å². The summed E-state index contributed by atoms with van der Waals surface area (Å²) in [6, 6.07) is 59.2. The Morgan fingerprint density at radius 3 is 2.06 bits per heavy atom. The molecule has 0 bridgehead atoms. The molecule has 3 nitrogen and oxygen atoms in total. The highest BCUT2D eigenvalue weighted by atomic mass is 15.2. The van der Waals surface area contributed by atoms with Crippen LogP contribution in [0.5, 0.6) is 0 Å². The number of para-hydroxylation sites is 3. The van der Waals surface area contributed by atoms with Crippen molar-refractivity contribution in [1.82, 2.24) is 9.55 Å². The molecule has 6 aromatic carbocycles. The molecule has 1 aliphatic carbocycles. The van der Waals surface area contributed by atoms with Crippen LogP contribution >= 0.6 is 0 Å². The summed E-state index contributed by atoms with van der Waals surface area (Å²) in [5.41, 5.74) is 16.1. The fourth-order valence-corrected chi connectivity index (χ4v) is 8.01. The van der Waals surface area contributed by atoms with Gasteiger partial charge in [0.05, 0.1) is 11.0 Å². The number of anilines is 2. The molecular weight excluding hydrogens is 595 g/mol. The Bertz CT molecular complexity index is 2580. The summed E-state index contributed by atoms with van der Waals surface area (Å²) in [4.78, 5) is 6.12. The van der Waals surface area contributed by atoms with Crippen LogP contribution < -0.4 is 4.90 Å². The van der Waals surface area contributed by atoms with Crippen LogP contribution in [0.1, 0.15) is 23.5 Å². The molecule has 8 aromatic rings. The van der Waals surface area contributed by atoms with Gasteiger partial charge in [-0.2, -0.15) is 0 Å². The smallest absolute Gasteiger partial charge is 0.0541 e. The van der Waals surface area contributed by atoms with Gasteiger partial charge in [-0.15, -0.1) is 0 Å². The molecule has 0 spiro atoms. The van der Waals surface area contributed by atoms with Crippen LogP contribution in [0, 0.1) is 0 Å². The molecule has 1 N–H and O–H groups in total. The van der Waals surface area contributed by atoms with Gasteiger partial charge in [0.1, 0.15) is 0 Å². The number of nitrogens with one attached hydrogen (secondary N) is 1. The van der Waals surface area contributed by atoms with E-state index in [2.05, 4.69) is 190 Å². The van der Waals surface area contributed by atoms with E-state index in [-0.39, 0.29) is 5.92 Å². The molecular formula is C46H33N3. The highest BCUT2D eigenvalue weighted by molar-refractivity contribution is 6.10. The number of allylic oxidation sites excluding steroid dienone is 4. The van der Waals surface area contributed by atoms with Crippen molar-refractivity contribution in [1.29, 1.82) is 0 Å². The third-order valence-corrected chi connectivity index (χ3v) is 10.3. The van der Waals surface area contributed by atoms with Crippen LogP contribution in [0.15, 0.2) is 182 Å². The van der Waals surface area contributed by atoms with Gasteiger partial charge in [0.15, 0.2) is 0 Å². The Kier molecular flexibility index (Phi) is 6.31. The zero-order chi connectivity index (χ0) is 32.3. The topological polar surface area (TPSA) is 24.0 Å². The predicted molar refractivity (Wildman–Crippen MR) is 204 cm³/mol. The van der Waals surface area contributed by atoms with Crippen molar-refractivity contribution in [2.45, 2.75) is 12.3 Å². The molecule has 3 heterocycles. The van der Waals surface area contributed by atoms with Gasteiger partial charge >= 0.3 is 0 Å². The van der Waals surface area contributed by atoms with Crippen molar-refractivity contribution in [3.8, 4) is 28.2 Å². The number of nitrogens with zero attached hydrogens (tertiary/aromatic N) is 2. The first-order valence-corrected chi connectivity index (χ1v) is 17.0. The van der Waals surface area contributed by atoms with Crippen LogP contribution in [-0.2, 0) is 0 Å². The number of aromatic amines is 1. The fourth-order valence-electron chi connectivity index (χ4n) is 8.01. The first-order valence-electron chi connectivity index (χ1n) is 17.0. The maximum absolute atomic E-state index is 3.65. The minimum atomic E-state index is 0.288. The lowest BCUT2D eigenvalue weighted by atomic mass is 9.84. The zero-order valence-electron chi connectivity index (χ0n) is 26.9. The second kappa shape index (κ2) is 11.1. The average molecular weight is 628 g/mol. The molecule has 0 fully saturated rings. The molecule has 2 aliphatic rings. The lowest BCUT2D eigenvalue weighted by molar-refractivity contribution is 0.832. The summed E-state index contributed by atoms with van der Waals surface area (Å²) < 4.78 is 2.39. The van der Waals surface area contributed by atoms with Crippen molar-refractivity contribution in [2.24, 2.45) is 0 Å². The van der Waals surface area contributed by atoms with Gasteiger partial charge in [-0.3, -0.25) is 0 Å². The quantitative estimate of drug-likeness (QED) is 0.202. The first kappa shape index (κ1) is 27.8. The van der Waals surface area contributed by atoms with Crippen LogP contribution in [0.3, 0.4) is 0 Å². The maximum atomic E-state index is 3.65. The van der Waals surface area contributed by atoms with Crippen molar-refractivity contribution >= 4 is 38.8 Å². The highest BCUT2D eigenvalue weighted by Crippen LogP contribution is 2.53. The van der Waals surface area contributed by atoms with E-state index in [1.165, 1.54) is 72.4 Å². The Balaban J connectivity index is 1.04. The standard InChI is InChI=1S/C46H33N3/c1-3-12-31(13-4-1)41-24-25-42(47-41)34-14-11-17-36(28-34)49-44-21-10-8-19-38(44)40-30-33(23-27-46(40)49)32-22-26-45-39(29-32)37-18-7-9-20-43(37)48(45)35-15-5-2-6-16-35/h1-29,40,47H,30H2. The average Bonchev–Trinajstić information content (AvgIpc) is 3.89. The third kappa shape index (κ3) is 4.51. The lowest BCUT2D eigenvalue weighted by Gasteiger charge is -2.27. The van der Waals surface area contributed by atoms with E-state index >= 15 is 0 Å². The molecule has 232 valence electrons. The van der Waals surface area contributed by atoms with Crippen molar-refractivity contribution in [2.75, 3.05) is 4.90 Å². The van der Waals surface area contributed by atoms with Gasteiger partial charge in [0, 0.05) is 56.4 Å². The van der Waals surface area contributed by atoms with E-state index < -0.39 is 0 Å². The molecule has 0 amide bonds. The number of aromatic nitrogens is 2. The van der Waals surface area contributed by atoms with Crippen LogP contribution in [0.2, 0.25) is 0 Å². The molecule has 0 saturated carbocycles. The van der Waals surface area contributed by atoms with Crippen LogP contribution in [0.25, 0.3) is 55.6 Å². The molecule has 49 heavy (non-hydrogen) atoms. The SMILES string of the molecule is C1=C(c2ccc3c(c2)c2ccccc2n3-c2ccccc2)CC2C(=C1)N(c1cccc(-c3ccc(-c4ccccc4)[nH]3)c1)c1ccccc12. The molecule has 10 rings (SSSR count). The molecule has 2 aromatic heterocycles. The van der Waals surface area contributed by atoms with Gasteiger partial charge in [-0.25, -0.2) is 0 Å². The van der Waals surface area contributed by atoms with Gasteiger partial charge in [0.25, 0.3) is 0 Å². The van der Waals surface area contributed by atoms with E-state index in [4.69, 9.17) is 0 Å². The minimum Gasteiger partial charge on any atom is -0.355 e. The summed E-state index contributed by atoms with van der Waals surface area (Å²) in [5.74, 6) is 0.288. The largest absolute Gasteiger partial charge is 0.355 e. The van der Waals surface area contributed by atoms with Crippen molar-refractivity contribution in [3.63, 3.8) is 0 Å². The number of H-pyrrole nitrogens is 1.